The molecule has 1 heterocycles. The average molecular weight is 373 g/mol. The molecule has 0 aliphatic heterocycles. The summed E-state index contributed by atoms with van der Waals surface area (Å²) in [5.41, 5.74) is 3.44. The number of rotatable bonds is 5. The van der Waals surface area contributed by atoms with Crippen molar-refractivity contribution in [2.45, 2.75) is 0 Å². The molecule has 132 valence electrons. The van der Waals surface area contributed by atoms with Crippen LogP contribution in [0.3, 0.4) is 0 Å². The molecule has 26 heavy (non-hydrogen) atoms. The van der Waals surface area contributed by atoms with Crippen LogP contribution in [0.25, 0.3) is 11.3 Å². The maximum Gasteiger partial charge on any atom is 0.271 e. The number of hydrogen-bond acceptors (Lipinski definition) is 4. The highest BCUT2D eigenvalue weighted by molar-refractivity contribution is 6.32. The van der Waals surface area contributed by atoms with Crippen LogP contribution in [-0.4, -0.2) is 19.2 Å². The first kappa shape index (κ1) is 17.7. The van der Waals surface area contributed by atoms with E-state index in [2.05, 4.69) is 10.5 Å². The van der Waals surface area contributed by atoms with Gasteiger partial charge in [-0.25, -0.2) is 9.82 Å². The minimum absolute atomic E-state index is 0.302. The zero-order valence-corrected chi connectivity index (χ0v) is 14.5. The van der Waals surface area contributed by atoms with Crippen LogP contribution in [0.1, 0.15) is 16.1 Å². The van der Waals surface area contributed by atoms with Gasteiger partial charge in [0.05, 0.1) is 18.3 Å². The largest absolute Gasteiger partial charge is 0.495 e. The Morgan fingerprint density at radius 3 is 2.65 bits per heavy atom. The smallest absolute Gasteiger partial charge is 0.271 e. The van der Waals surface area contributed by atoms with Gasteiger partial charge in [0.15, 0.2) is 0 Å². The molecule has 0 saturated heterocycles. The molecule has 0 aliphatic carbocycles. The lowest BCUT2D eigenvalue weighted by Gasteiger charge is -2.04. The van der Waals surface area contributed by atoms with Crippen molar-refractivity contribution in [1.29, 1.82) is 0 Å². The fourth-order valence-corrected chi connectivity index (χ4v) is 2.48. The van der Waals surface area contributed by atoms with Crippen molar-refractivity contribution in [2.24, 2.45) is 5.10 Å². The minimum atomic E-state index is -0.449. The fourth-order valence-electron chi connectivity index (χ4n) is 2.22. The Morgan fingerprint density at radius 2 is 1.96 bits per heavy atom. The Morgan fingerprint density at radius 1 is 1.19 bits per heavy atom. The van der Waals surface area contributed by atoms with Crippen LogP contribution < -0.4 is 10.2 Å². The molecule has 1 N–H and O–H groups in total. The number of methoxy groups -OCH3 is 1. The van der Waals surface area contributed by atoms with Crippen molar-refractivity contribution >= 4 is 23.7 Å². The third-order valence-corrected chi connectivity index (χ3v) is 3.82. The lowest BCUT2D eigenvalue weighted by molar-refractivity contribution is 0.0955. The molecule has 0 spiro atoms. The van der Waals surface area contributed by atoms with Crippen molar-refractivity contribution in [3.63, 3.8) is 0 Å². The molecule has 0 radical (unpaired) electrons. The van der Waals surface area contributed by atoms with E-state index >= 15 is 0 Å². The van der Waals surface area contributed by atoms with Gasteiger partial charge in [-0.3, -0.25) is 4.79 Å². The summed E-state index contributed by atoms with van der Waals surface area (Å²) in [7, 11) is 1.54. The van der Waals surface area contributed by atoms with Gasteiger partial charge in [-0.2, -0.15) is 5.10 Å². The Bertz CT molecular complexity index is 952. The Hall–Kier alpha value is -3.12. The monoisotopic (exact) mass is 372 g/mol. The molecule has 0 unspecified atom stereocenters. The summed E-state index contributed by atoms with van der Waals surface area (Å²) in [6.45, 7) is 0. The summed E-state index contributed by atoms with van der Waals surface area (Å²) in [6, 6.07) is 13.9. The highest BCUT2D eigenvalue weighted by atomic mass is 35.5. The number of nitrogens with one attached hydrogen (secondary N) is 1. The van der Waals surface area contributed by atoms with Gasteiger partial charge in [0, 0.05) is 11.1 Å². The predicted molar refractivity (Wildman–Crippen MR) is 97.2 cm³/mol. The zero-order valence-electron chi connectivity index (χ0n) is 13.7. The van der Waals surface area contributed by atoms with E-state index in [1.54, 1.807) is 31.4 Å². The number of hydrazone groups is 1. The fraction of sp³-hybridized carbons (Fsp3) is 0.0526. The van der Waals surface area contributed by atoms with Crippen molar-refractivity contribution in [2.75, 3.05) is 7.11 Å². The molecule has 3 aromatic rings. The first-order valence-corrected chi connectivity index (χ1v) is 7.97. The van der Waals surface area contributed by atoms with Crippen molar-refractivity contribution < 1.29 is 18.3 Å². The van der Waals surface area contributed by atoms with Crippen molar-refractivity contribution in [3.05, 3.63) is 76.8 Å². The number of ether oxygens (including phenoxy) is 1. The van der Waals surface area contributed by atoms with E-state index in [1.165, 1.54) is 30.5 Å². The van der Waals surface area contributed by atoms with Crippen LogP contribution in [-0.2, 0) is 0 Å². The minimum Gasteiger partial charge on any atom is -0.495 e. The van der Waals surface area contributed by atoms with Gasteiger partial charge < -0.3 is 9.15 Å². The van der Waals surface area contributed by atoms with Crippen molar-refractivity contribution in [3.8, 4) is 17.1 Å². The normalized spacial score (nSPS) is 10.9. The number of carbonyl (C=O) groups excluding carboxylic acids is 1. The molecule has 0 saturated carbocycles. The lowest BCUT2D eigenvalue weighted by atomic mass is 10.2. The molecule has 0 aliphatic rings. The second-order valence-corrected chi connectivity index (χ2v) is 5.66. The number of benzene rings is 2. The standard InChI is InChI=1S/C19H14ClFN2O3/c1-25-18-8-4-13(10-16(18)20)17-9-7-15(26-17)11-22-23-19(24)12-2-5-14(21)6-3-12/h2-11H,1H3,(H,23,24)/b22-11-. The van der Waals surface area contributed by atoms with E-state index in [0.29, 0.717) is 27.9 Å². The van der Waals surface area contributed by atoms with E-state index < -0.39 is 11.7 Å². The van der Waals surface area contributed by atoms with Gasteiger partial charge in [-0.1, -0.05) is 11.6 Å². The van der Waals surface area contributed by atoms with Gasteiger partial charge in [-0.15, -0.1) is 0 Å². The second kappa shape index (κ2) is 7.84. The summed E-state index contributed by atoms with van der Waals surface area (Å²) in [5.74, 6) is 0.765. The Kier molecular flexibility index (Phi) is 5.34. The molecule has 1 amide bonds. The maximum atomic E-state index is 12.8. The predicted octanol–water partition coefficient (Wildman–Crippen LogP) is 4.51. The summed E-state index contributed by atoms with van der Waals surface area (Å²) in [6.07, 6.45) is 1.37. The molecule has 7 heteroatoms. The number of carbonyl (C=O) groups is 1. The third-order valence-electron chi connectivity index (χ3n) is 3.53. The molecule has 3 rings (SSSR count). The van der Waals surface area contributed by atoms with Crippen LogP contribution in [0, 0.1) is 5.82 Å². The Balaban J connectivity index is 1.66. The number of hydrogen-bond donors (Lipinski definition) is 1. The molecule has 1 aromatic heterocycles. The second-order valence-electron chi connectivity index (χ2n) is 5.26. The summed E-state index contributed by atoms with van der Waals surface area (Å²) >= 11 is 6.11. The summed E-state index contributed by atoms with van der Waals surface area (Å²) < 4.78 is 23.6. The van der Waals surface area contributed by atoms with E-state index in [1.807, 2.05) is 6.07 Å². The molecule has 0 fully saturated rings. The van der Waals surface area contributed by atoms with Crippen LogP contribution in [0.4, 0.5) is 4.39 Å². The van der Waals surface area contributed by atoms with E-state index in [9.17, 15) is 9.18 Å². The maximum absolute atomic E-state index is 12.8. The Labute approximate surface area is 154 Å². The highest BCUT2D eigenvalue weighted by Gasteiger charge is 2.08. The van der Waals surface area contributed by atoms with Gasteiger partial charge in [0.2, 0.25) is 0 Å². The third kappa shape index (κ3) is 4.10. The zero-order chi connectivity index (χ0) is 18.5. The number of amides is 1. The number of nitrogens with zero attached hydrogens (tertiary/aromatic N) is 1. The van der Waals surface area contributed by atoms with E-state index in [-0.39, 0.29) is 0 Å². The van der Waals surface area contributed by atoms with Crippen LogP contribution in [0.15, 0.2) is 64.1 Å². The summed E-state index contributed by atoms with van der Waals surface area (Å²) in [4.78, 5) is 11.9. The van der Waals surface area contributed by atoms with Gasteiger partial charge in [0.1, 0.15) is 23.1 Å². The van der Waals surface area contributed by atoms with Gasteiger partial charge in [0.25, 0.3) is 5.91 Å². The molecule has 0 bridgehead atoms. The topological polar surface area (TPSA) is 63.8 Å². The van der Waals surface area contributed by atoms with E-state index in [0.717, 1.165) is 5.56 Å². The first-order chi connectivity index (χ1) is 12.6. The first-order valence-electron chi connectivity index (χ1n) is 7.59. The lowest BCUT2D eigenvalue weighted by Crippen LogP contribution is -2.17. The quantitative estimate of drug-likeness (QED) is 0.529. The van der Waals surface area contributed by atoms with Gasteiger partial charge >= 0.3 is 0 Å². The SMILES string of the molecule is COc1ccc(-c2ccc(/C=N\NC(=O)c3ccc(F)cc3)o2)cc1Cl. The number of furan rings is 1. The molecule has 0 atom stereocenters. The van der Waals surface area contributed by atoms with Crippen LogP contribution in [0.5, 0.6) is 5.75 Å². The van der Waals surface area contributed by atoms with Gasteiger partial charge in [-0.05, 0) is 54.6 Å². The number of halogens is 2. The van der Waals surface area contributed by atoms with Crippen LogP contribution in [0.2, 0.25) is 5.02 Å². The summed E-state index contributed by atoms with van der Waals surface area (Å²) in [5, 5.41) is 4.31. The highest BCUT2D eigenvalue weighted by Crippen LogP contribution is 2.30. The van der Waals surface area contributed by atoms with E-state index in [4.69, 9.17) is 20.8 Å². The molecular weight excluding hydrogens is 359 g/mol. The molecule has 5 nitrogen and oxygen atoms in total. The molecule has 2 aromatic carbocycles. The average Bonchev–Trinajstić information content (AvgIpc) is 3.11. The van der Waals surface area contributed by atoms with Crippen LogP contribution >= 0.6 is 11.6 Å². The van der Waals surface area contributed by atoms with Crippen molar-refractivity contribution in [1.82, 2.24) is 5.43 Å². The molecular formula is C19H14ClFN2O3.